The van der Waals surface area contributed by atoms with Crippen LogP contribution < -0.4 is 0 Å². The van der Waals surface area contributed by atoms with Crippen molar-refractivity contribution in [2.24, 2.45) is 5.92 Å². The zero-order chi connectivity index (χ0) is 34.0. The lowest BCUT2D eigenvalue weighted by atomic mass is 9.92. The Morgan fingerprint density at radius 2 is 1.00 bits per heavy atom. The molecule has 270 valence electrons. The van der Waals surface area contributed by atoms with E-state index in [2.05, 4.69) is 0 Å². The molecule has 0 aliphatic carbocycles. The zero-order valence-corrected chi connectivity index (χ0v) is 26.1. The van der Waals surface area contributed by atoms with Crippen molar-refractivity contribution in [3.8, 4) is 0 Å². The number of aliphatic hydroxyl groups is 10. The first-order valence-corrected chi connectivity index (χ1v) is 15.6. The summed E-state index contributed by atoms with van der Waals surface area (Å²) < 4.78 is 47.0. The van der Waals surface area contributed by atoms with E-state index in [0.717, 1.165) is 0 Å². The van der Waals surface area contributed by atoms with Gasteiger partial charge in [0.2, 0.25) is 0 Å². The third-order valence-corrected chi connectivity index (χ3v) is 8.94. The van der Waals surface area contributed by atoms with Crippen molar-refractivity contribution in [3.05, 3.63) is 0 Å². The highest BCUT2D eigenvalue weighted by Crippen LogP contribution is 2.37. The van der Waals surface area contributed by atoms with Gasteiger partial charge in [-0.1, -0.05) is 13.8 Å². The van der Waals surface area contributed by atoms with Crippen molar-refractivity contribution in [3.63, 3.8) is 0 Å². The molecular weight excluding hydrogens is 624 g/mol. The van der Waals surface area contributed by atoms with E-state index >= 15 is 0 Å². The monoisotopic (exact) mass is 674 g/mol. The van der Waals surface area contributed by atoms with Gasteiger partial charge < -0.3 is 89.0 Å². The van der Waals surface area contributed by atoms with E-state index in [1.165, 1.54) is 20.8 Å². The predicted molar refractivity (Wildman–Crippen MR) is 148 cm³/mol. The van der Waals surface area contributed by atoms with E-state index in [4.69, 9.17) is 37.9 Å². The molecule has 0 aromatic heterocycles. The fourth-order valence-electron chi connectivity index (χ4n) is 5.93. The summed E-state index contributed by atoms with van der Waals surface area (Å²) >= 11 is 0. The molecule has 4 aliphatic heterocycles. The van der Waals surface area contributed by atoms with Crippen molar-refractivity contribution in [2.75, 3.05) is 19.8 Å². The Hall–Kier alpha value is -0.720. The van der Waals surface area contributed by atoms with Gasteiger partial charge in [-0.3, -0.25) is 0 Å². The Kier molecular flexibility index (Phi) is 13.5. The van der Waals surface area contributed by atoms with Gasteiger partial charge in [-0.15, -0.1) is 0 Å². The highest BCUT2D eigenvalue weighted by Gasteiger charge is 2.55. The van der Waals surface area contributed by atoms with Gasteiger partial charge in [-0.05, 0) is 20.3 Å². The predicted octanol–water partition coefficient (Wildman–Crippen LogP) is -4.98. The summed E-state index contributed by atoms with van der Waals surface area (Å²) in [6.45, 7) is 5.11. The Balaban J connectivity index is 1.68. The molecule has 4 fully saturated rings. The quantitative estimate of drug-likeness (QED) is 0.0982. The first kappa shape index (κ1) is 38.1. The van der Waals surface area contributed by atoms with Gasteiger partial charge in [0, 0.05) is 12.5 Å². The molecule has 4 saturated heterocycles. The molecule has 18 nitrogen and oxygen atoms in total. The molecule has 10 N–H and O–H groups in total. The lowest BCUT2D eigenvalue weighted by molar-refractivity contribution is -0.404. The maximum atomic E-state index is 11.3. The van der Waals surface area contributed by atoms with Gasteiger partial charge in [0.25, 0.3) is 0 Å². The van der Waals surface area contributed by atoms with Gasteiger partial charge in [0.05, 0.1) is 31.5 Å². The van der Waals surface area contributed by atoms with E-state index in [9.17, 15) is 51.1 Å². The molecule has 0 aromatic carbocycles. The Morgan fingerprint density at radius 3 is 1.61 bits per heavy atom. The van der Waals surface area contributed by atoms with E-state index in [1.807, 2.05) is 6.92 Å². The van der Waals surface area contributed by atoms with Gasteiger partial charge >= 0.3 is 0 Å². The maximum absolute atomic E-state index is 11.3. The normalized spacial score (nSPS) is 52.0. The lowest BCUT2D eigenvalue weighted by Gasteiger charge is -2.50. The number of hydrogen-bond acceptors (Lipinski definition) is 18. The van der Waals surface area contributed by atoms with Crippen molar-refractivity contribution in [1.29, 1.82) is 0 Å². The molecule has 0 spiro atoms. The van der Waals surface area contributed by atoms with Crippen LogP contribution in [0.1, 0.15) is 34.1 Å². The lowest BCUT2D eigenvalue weighted by Crippen LogP contribution is -2.67. The van der Waals surface area contributed by atoms with Crippen LogP contribution in [0.25, 0.3) is 0 Å². The molecule has 0 amide bonds. The fourth-order valence-corrected chi connectivity index (χ4v) is 5.93. The summed E-state index contributed by atoms with van der Waals surface area (Å²) in [5, 5.41) is 105. The summed E-state index contributed by atoms with van der Waals surface area (Å²) in [7, 11) is 0. The number of aliphatic hydroxyl groups excluding tert-OH is 10. The van der Waals surface area contributed by atoms with Crippen molar-refractivity contribution in [2.45, 2.75) is 151 Å². The second kappa shape index (κ2) is 16.3. The smallest absolute Gasteiger partial charge is 0.187 e. The molecular formula is C28H50O18. The molecule has 20 atom stereocenters. The molecule has 0 saturated carbocycles. The summed E-state index contributed by atoms with van der Waals surface area (Å²) in [5.41, 5.74) is 0. The fraction of sp³-hybridized carbons (Fsp3) is 1.00. The standard InChI is InChI=1S/C28H50O18/c1-5-6-39-27-23(20(37)15(32)10(3)40-27)45-28-24(46-25-9(2)14(31)17(34)12(7-29)42-25)22(16(33)11(4)41-28)44-26-21(38)19(36)18(35)13(8-30)43-26/h9-38H,5-8H2,1-4H3/t9-,10?,11?,12?,13-,14?,15-,16-,17+,18+,19?,20?,21?,22?,23-,24-,25-,26+,27+,28-/m0/s1. The van der Waals surface area contributed by atoms with Crippen molar-refractivity contribution in [1.82, 2.24) is 0 Å². The summed E-state index contributed by atoms with van der Waals surface area (Å²) in [6, 6.07) is 0. The van der Waals surface area contributed by atoms with Crippen LogP contribution in [0.15, 0.2) is 0 Å². The number of ether oxygens (including phenoxy) is 8. The minimum Gasteiger partial charge on any atom is -0.394 e. The van der Waals surface area contributed by atoms with Crippen molar-refractivity contribution < 1.29 is 89.0 Å². The highest BCUT2D eigenvalue weighted by atomic mass is 16.8. The number of hydrogen-bond donors (Lipinski definition) is 10. The van der Waals surface area contributed by atoms with E-state index in [0.29, 0.717) is 6.42 Å². The molecule has 4 rings (SSSR count). The van der Waals surface area contributed by atoms with E-state index in [1.54, 1.807) is 0 Å². The van der Waals surface area contributed by atoms with Crippen LogP contribution >= 0.6 is 0 Å². The molecule has 8 unspecified atom stereocenters. The maximum Gasteiger partial charge on any atom is 0.187 e. The van der Waals surface area contributed by atoms with Gasteiger partial charge in [0.15, 0.2) is 25.2 Å². The second-order valence-corrected chi connectivity index (χ2v) is 12.3. The minimum absolute atomic E-state index is 0.208. The molecule has 46 heavy (non-hydrogen) atoms. The van der Waals surface area contributed by atoms with Crippen LogP contribution in [0, 0.1) is 5.92 Å². The minimum atomic E-state index is -1.86. The third kappa shape index (κ3) is 7.85. The van der Waals surface area contributed by atoms with Crippen LogP contribution in [-0.4, -0.2) is 188 Å². The second-order valence-electron chi connectivity index (χ2n) is 12.3. The average molecular weight is 675 g/mol. The molecule has 18 heteroatoms. The summed E-state index contributed by atoms with van der Waals surface area (Å²) in [5.74, 6) is -0.935. The Morgan fingerprint density at radius 1 is 0.478 bits per heavy atom. The highest BCUT2D eigenvalue weighted by molar-refractivity contribution is 4.97. The van der Waals surface area contributed by atoms with Crippen LogP contribution in [0.5, 0.6) is 0 Å². The molecule has 0 aromatic rings. The summed E-state index contributed by atoms with van der Waals surface area (Å²) in [6.07, 6.45) is -27.1. The summed E-state index contributed by atoms with van der Waals surface area (Å²) in [4.78, 5) is 0. The Bertz CT molecular complexity index is 929. The molecule has 4 heterocycles. The largest absolute Gasteiger partial charge is 0.394 e. The topological polar surface area (TPSA) is 276 Å². The Labute approximate surface area is 265 Å². The third-order valence-electron chi connectivity index (χ3n) is 8.94. The van der Waals surface area contributed by atoms with Gasteiger partial charge in [-0.2, -0.15) is 0 Å². The van der Waals surface area contributed by atoms with E-state index in [-0.39, 0.29) is 6.61 Å². The van der Waals surface area contributed by atoms with Crippen molar-refractivity contribution >= 4 is 0 Å². The van der Waals surface area contributed by atoms with Gasteiger partial charge in [0.1, 0.15) is 73.2 Å². The molecule has 0 radical (unpaired) electrons. The first-order valence-electron chi connectivity index (χ1n) is 15.6. The molecule has 4 aliphatic rings. The van der Waals surface area contributed by atoms with E-state index < -0.39 is 136 Å². The molecule has 0 bridgehead atoms. The van der Waals surface area contributed by atoms with Gasteiger partial charge in [-0.25, -0.2) is 0 Å². The first-order chi connectivity index (χ1) is 21.7. The van der Waals surface area contributed by atoms with Crippen LogP contribution in [0.4, 0.5) is 0 Å². The van der Waals surface area contributed by atoms with Crippen LogP contribution in [-0.2, 0) is 37.9 Å². The van der Waals surface area contributed by atoms with Crippen LogP contribution in [0.2, 0.25) is 0 Å². The SMILES string of the molecule is CCCO[C@@H]1OC(C)[C@H](O)C(O)[C@@H]1O[C@@H]1OC(C)[C@H](O)C(O[C@H]2O[C@@H](CO)[C@@H](O)C(O)C2O)[C@@H]1O[C@@H]1OC(CO)[C@@H](O)C(O)[C@@H]1C. The number of rotatable bonds is 11. The zero-order valence-electron chi connectivity index (χ0n) is 26.1. The average Bonchev–Trinajstić information content (AvgIpc) is 3.04. The van der Waals surface area contributed by atoms with Crippen LogP contribution in [0.3, 0.4) is 0 Å².